The van der Waals surface area contributed by atoms with E-state index in [4.69, 9.17) is 27.9 Å². The molecular formula is C22H14Cl2FNO. The van der Waals surface area contributed by atoms with E-state index in [1.165, 1.54) is 6.07 Å². The van der Waals surface area contributed by atoms with Gasteiger partial charge in [-0.25, -0.2) is 4.39 Å². The highest BCUT2D eigenvalue weighted by Gasteiger charge is 2.07. The van der Waals surface area contributed by atoms with E-state index in [-0.39, 0.29) is 11.1 Å². The van der Waals surface area contributed by atoms with E-state index >= 15 is 0 Å². The summed E-state index contributed by atoms with van der Waals surface area (Å²) < 4.78 is 19.6. The molecule has 134 valence electrons. The number of benzene rings is 3. The van der Waals surface area contributed by atoms with Crippen LogP contribution in [0.5, 0.6) is 5.75 Å². The Labute approximate surface area is 167 Å². The van der Waals surface area contributed by atoms with Crippen molar-refractivity contribution in [3.63, 3.8) is 0 Å². The Bertz CT molecular complexity index is 1020. The highest BCUT2D eigenvalue weighted by atomic mass is 35.5. The molecule has 27 heavy (non-hydrogen) atoms. The molecule has 0 saturated heterocycles. The molecule has 2 nitrogen and oxygen atoms in total. The summed E-state index contributed by atoms with van der Waals surface area (Å²) in [6.45, 7) is 0.352. The van der Waals surface area contributed by atoms with Crippen molar-refractivity contribution in [2.45, 2.75) is 6.61 Å². The molecule has 0 amide bonds. The molecule has 0 heterocycles. The minimum absolute atomic E-state index is 0.262. The van der Waals surface area contributed by atoms with E-state index in [2.05, 4.69) is 0 Å². The number of ether oxygens (including phenoxy) is 1. The number of halogens is 3. The lowest BCUT2D eigenvalue weighted by atomic mass is 10.0. The standard InChI is InChI=1S/C22H14Cl2FNO/c23-20-10-7-16(12-21(20)24)14-27-18-8-5-15(6-9-18)11-17(13-26)19-3-1-2-4-22(19)25/h1-12H,14H2/b17-11-. The highest BCUT2D eigenvalue weighted by Crippen LogP contribution is 2.24. The second-order valence-corrected chi connectivity index (χ2v) is 6.57. The fourth-order valence-electron chi connectivity index (χ4n) is 2.47. The summed E-state index contributed by atoms with van der Waals surface area (Å²) in [7, 11) is 0. The Hall–Kier alpha value is -2.80. The number of allylic oxidation sites excluding steroid dienone is 1. The lowest BCUT2D eigenvalue weighted by Crippen LogP contribution is -1.95. The topological polar surface area (TPSA) is 33.0 Å². The van der Waals surface area contributed by atoms with Gasteiger partial charge in [0.15, 0.2) is 0 Å². The Balaban J connectivity index is 1.72. The third kappa shape index (κ3) is 4.89. The van der Waals surface area contributed by atoms with Crippen molar-refractivity contribution in [3.05, 3.63) is 99.3 Å². The van der Waals surface area contributed by atoms with Crippen LogP contribution in [0, 0.1) is 17.1 Å². The fourth-order valence-corrected chi connectivity index (χ4v) is 2.79. The molecule has 0 atom stereocenters. The van der Waals surface area contributed by atoms with Gasteiger partial charge >= 0.3 is 0 Å². The average molecular weight is 398 g/mol. The molecular weight excluding hydrogens is 384 g/mol. The van der Waals surface area contributed by atoms with E-state index < -0.39 is 5.82 Å². The molecule has 0 N–H and O–H groups in total. The summed E-state index contributed by atoms with van der Waals surface area (Å²) in [6.07, 6.45) is 1.64. The Morgan fingerprint density at radius 3 is 2.41 bits per heavy atom. The first kappa shape index (κ1) is 19.0. The van der Waals surface area contributed by atoms with Gasteiger partial charge in [-0.05, 0) is 47.5 Å². The summed E-state index contributed by atoms with van der Waals surface area (Å²) in [5.41, 5.74) is 2.22. The smallest absolute Gasteiger partial charge is 0.131 e. The molecule has 3 aromatic carbocycles. The maximum Gasteiger partial charge on any atom is 0.131 e. The summed E-state index contributed by atoms with van der Waals surface area (Å²) in [5.74, 6) is 0.245. The molecule has 5 heteroatoms. The van der Waals surface area contributed by atoms with Crippen molar-refractivity contribution < 1.29 is 9.13 Å². The predicted octanol–water partition coefficient (Wildman–Crippen LogP) is 6.78. The van der Waals surface area contributed by atoms with Crippen LogP contribution in [0.1, 0.15) is 16.7 Å². The van der Waals surface area contributed by atoms with Gasteiger partial charge in [-0.15, -0.1) is 0 Å². The van der Waals surface area contributed by atoms with Crippen LogP contribution in [0.15, 0.2) is 66.7 Å². The second kappa shape index (κ2) is 8.73. The molecule has 0 aliphatic rings. The summed E-state index contributed by atoms with van der Waals surface area (Å²) in [4.78, 5) is 0. The van der Waals surface area contributed by atoms with Crippen LogP contribution in [0.4, 0.5) is 4.39 Å². The van der Waals surface area contributed by atoms with Crippen molar-refractivity contribution in [1.29, 1.82) is 5.26 Å². The molecule has 0 aliphatic carbocycles. The first-order chi connectivity index (χ1) is 13.1. The summed E-state index contributed by atoms with van der Waals surface area (Å²) >= 11 is 11.9. The monoisotopic (exact) mass is 397 g/mol. The van der Waals surface area contributed by atoms with Crippen molar-refractivity contribution in [1.82, 2.24) is 0 Å². The maximum atomic E-state index is 13.9. The molecule has 0 fully saturated rings. The van der Waals surface area contributed by atoms with Gasteiger partial charge in [-0.3, -0.25) is 0 Å². The first-order valence-electron chi connectivity index (χ1n) is 8.10. The lowest BCUT2D eigenvalue weighted by molar-refractivity contribution is 0.306. The van der Waals surface area contributed by atoms with Gasteiger partial charge in [-0.1, -0.05) is 59.6 Å². The minimum Gasteiger partial charge on any atom is -0.489 e. The van der Waals surface area contributed by atoms with Gasteiger partial charge in [0, 0.05) is 5.56 Å². The maximum absolute atomic E-state index is 13.9. The van der Waals surface area contributed by atoms with Gasteiger partial charge < -0.3 is 4.74 Å². The molecule has 0 spiro atoms. The largest absolute Gasteiger partial charge is 0.489 e. The highest BCUT2D eigenvalue weighted by molar-refractivity contribution is 6.42. The van der Waals surface area contributed by atoms with Crippen LogP contribution in [0.2, 0.25) is 10.0 Å². The van der Waals surface area contributed by atoms with Crippen molar-refractivity contribution in [2.24, 2.45) is 0 Å². The van der Waals surface area contributed by atoms with Crippen LogP contribution in [-0.4, -0.2) is 0 Å². The summed E-state index contributed by atoms with van der Waals surface area (Å²) in [5, 5.41) is 10.3. The number of rotatable bonds is 5. The molecule has 0 saturated carbocycles. The molecule has 0 aromatic heterocycles. The Morgan fingerprint density at radius 1 is 1.00 bits per heavy atom. The molecule has 0 unspecified atom stereocenters. The van der Waals surface area contributed by atoms with E-state index in [1.54, 1.807) is 48.5 Å². The number of hydrogen-bond donors (Lipinski definition) is 0. The van der Waals surface area contributed by atoms with Gasteiger partial charge in [0.05, 0.1) is 21.7 Å². The second-order valence-electron chi connectivity index (χ2n) is 5.76. The molecule has 0 radical (unpaired) electrons. The zero-order chi connectivity index (χ0) is 19.2. The van der Waals surface area contributed by atoms with Crippen molar-refractivity contribution in [2.75, 3.05) is 0 Å². The SMILES string of the molecule is N#C/C(=C/c1ccc(OCc2ccc(Cl)c(Cl)c2)cc1)c1ccccc1F. The van der Waals surface area contributed by atoms with E-state index in [9.17, 15) is 9.65 Å². The van der Waals surface area contributed by atoms with Crippen molar-refractivity contribution >= 4 is 34.9 Å². The molecule has 0 aliphatic heterocycles. The van der Waals surface area contributed by atoms with Crippen molar-refractivity contribution in [3.8, 4) is 11.8 Å². The first-order valence-corrected chi connectivity index (χ1v) is 8.86. The van der Waals surface area contributed by atoms with Gasteiger partial charge in [0.1, 0.15) is 18.2 Å². The Morgan fingerprint density at radius 2 is 1.74 bits per heavy atom. The Kier molecular flexibility index (Phi) is 6.13. The van der Waals surface area contributed by atoms with E-state index in [0.717, 1.165) is 11.1 Å². The molecule has 3 aromatic rings. The van der Waals surface area contributed by atoms with Crippen LogP contribution < -0.4 is 4.74 Å². The zero-order valence-electron chi connectivity index (χ0n) is 14.1. The number of hydrogen-bond acceptors (Lipinski definition) is 2. The molecule has 0 bridgehead atoms. The number of nitriles is 1. The van der Waals surface area contributed by atoms with E-state index in [1.807, 2.05) is 24.3 Å². The average Bonchev–Trinajstić information content (AvgIpc) is 2.68. The zero-order valence-corrected chi connectivity index (χ0v) is 15.6. The molecule has 3 rings (SSSR count). The van der Waals surface area contributed by atoms with Gasteiger partial charge in [0.25, 0.3) is 0 Å². The predicted molar refractivity (Wildman–Crippen MR) is 107 cm³/mol. The minimum atomic E-state index is -0.424. The third-order valence-electron chi connectivity index (χ3n) is 3.87. The summed E-state index contributed by atoms with van der Waals surface area (Å²) in [6, 6.07) is 20.8. The van der Waals surface area contributed by atoms with Crippen LogP contribution in [0.3, 0.4) is 0 Å². The van der Waals surface area contributed by atoms with Gasteiger partial charge in [0.2, 0.25) is 0 Å². The van der Waals surface area contributed by atoms with Crippen LogP contribution in [0.25, 0.3) is 11.6 Å². The third-order valence-corrected chi connectivity index (χ3v) is 4.60. The lowest BCUT2D eigenvalue weighted by Gasteiger charge is -2.08. The normalized spacial score (nSPS) is 11.1. The fraction of sp³-hybridized carbons (Fsp3) is 0.0455. The van der Waals surface area contributed by atoms with E-state index in [0.29, 0.717) is 22.4 Å². The quantitative estimate of drug-likeness (QED) is 0.351. The van der Waals surface area contributed by atoms with Crippen LogP contribution >= 0.6 is 23.2 Å². The number of nitrogens with zero attached hydrogens (tertiary/aromatic N) is 1. The van der Waals surface area contributed by atoms with Crippen LogP contribution in [-0.2, 0) is 6.61 Å². The van der Waals surface area contributed by atoms with Gasteiger partial charge in [-0.2, -0.15) is 5.26 Å².